The standard InChI is InChI=1S/C28H34O16/c1-15(19(29)30)11-27(23(35)36,24(37)38)13-17(3)21(33)43-9-7-5-6-8-10-44-22(34)18(4)14-28(25(39)40,26(41)42)12-16(2)20(31)32/h1-14H2,(H,29,30)(H,31,32)(H,35,36)(H,37,38)(H,39,40)(H,41,42). The lowest BCUT2D eigenvalue weighted by molar-refractivity contribution is -0.167. The van der Waals surface area contributed by atoms with Crippen LogP contribution in [0.4, 0.5) is 0 Å². The highest BCUT2D eigenvalue weighted by Gasteiger charge is 2.50. The van der Waals surface area contributed by atoms with E-state index in [1.165, 1.54) is 0 Å². The third-order valence-electron chi connectivity index (χ3n) is 6.39. The summed E-state index contributed by atoms with van der Waals surface area (Å²) in [6, 6.07) is 0. The van der Waals surface area contributed by atoms with Gasteiger partial charge in [-0.05, 0) is 25.7 Å². The predicted octanol–water partition coefficient (Wildman–Crippen LogP) is 1.90. The van der Waals surface area contributed by atoms with Crippen molar-refractivity contribution in [2.45, 2.75) is 51.4 Å². The van der Waals surface area contributed by atoms with Gasteiger partial charge in [-0.3, -0.25) is 19.2 Å². The predicted molar refractivity (Wildman–Crippen MR) is 146 cm³/mol. The minimum absolute atomic E-state index is 0.169. The van der Waals surface area contributed by atoms with Gasteiger partial charge in [-0.2, -0.15) is 0 Å². The number of carbonyl (C=O) groups excluding carboxylic acids is 2. The Labute approximate surface area is 250 Å². The topological polar surface area (TPSA) is 276 Å². The monoisotopic (exact) mass is 626 g/mol. The van der Waals surface area contributed by atoms with Gasteiger partial charge >= 0.3 is 47.8 Å². The van der Waals surface area contributed by atoms with E-state index in [-0.39, 0.29) is 26.1 Å². The van der Waals surface area contributed by atoms with E-state index in [9.17, 15) is 58.8 Å². The molecule has 0 amide bonds. The minimum atomic E-state index is -2.70. The summed E-state index contributed by atoms with van der Waals surface area (Å²) in [5, 5.41) is 55.8. The van der Waals surface area contributed by atoms with Crippen LogP contribution in [0.3, 0.4) is 0 Å². The maximum Gasteiger partial charge on any atom is 0.333 e. The molecule has 0 aliphatic rings. The first-order chi connectivity index (χ1) is 20.2. The molecule has 0 aromatic carbocycles. The van der Waals surface area contributed by atoms with Gasteiger partial charge in [-0.15, -0.1) is 0 Å². The number of carbonyl (C=O) groups is 8. The van der Waals surface area contributed by atoms with Gasteiger partial charge in [0.15, 0.2) is 10.8 Å². The third kappa shape index (κ3) is 10.8. The van der Waals surface area contributed by atoms with Gasteiger partial charge in [0.1, 0.15) is 0 Å². The first-order valence-corrected chi connectivity index (χ1v) is 12.7. The number of hydrogen-bond donors (Lipinski definition) is 6. The molecule has 0 unspecified atom stereocenters. The van der Waals surface area contributed by atoms with Gasteiger partial charge < -0.3 is 40.1 Å². The molecule has 0 fully saturated rings. The molecule has 0 radical (unpaired) electrons. The van der Waals surface area contributed by atoms with Crippen molar-refractivity contribution in [1.82, 2.24) is 0 Å². The minimum Gasteiger partial charge on any atom is -0.480 e. The van der Waals surface area contributed by atoms with E-state index in [4.69, 9.17) is 19.7 Å². The van der Waals surface area contributed by atoms with Crippen LogP contribution < -0.4 is 0 Å². The number of hydrogen-bond acceptors (Lipinski definition) is 10. The summed E-state index contributed by atoms with van der Waals surface area (Å²) < 4.78 is 9.93. The van der Waals surface area contributed by atoms with Crippen LogP contribution in [-0.2, 0) is 47.8 Å². The van der Waals surface area contributed by atoms with Crippen LogP contribution in [0.1, 0.15) is 51.4 Å². The quantitative estimate of drug-likeness (QED) is 0.0409. The number of aliphatic carboxylic acids is 6. The second-order valence-corrected chi connectivity index (χ2v) is 9.80. The van der Waals surface area contributed by atoms with E-state index in [0.29, 0.717) is 12.8 Å². The van der Waals surface area contributed by atoms with Gasteiger partial charge in [0.05, 0.1) is 13.2 Å². The molecule has 0 aliphatic heterocycles. The summed E-state index contributed by atoms with van der Waals surface area (Å²) in [6.07, 6.45) is -2.42. The lowest BCUT2D eigenvalue weighted by atomic mass is 9.76. The van der Waals surface area contributed by atoms with Crippen LogP contribution in [0.2, 0.25) is 0 Å². The largest absolute Gasteiger partial charge is 0.480 e. The van der Waals surface area contributed by atoms with E-state index >= 15 is 0 Å². The fraction of sp³-hybridized carbons (Fsp3) is 0.429. The lowest BCUT2D eigenvalue weighted by Crippen LogP contribution is -2.41. The molecule has 0 aliphatic carbocycles. The van der Waals surface area contributed by atoms with Crippen LogP contribution in [0, 0.1) is 10.8 Å². The van der Waals surface area contributed by atoms with Gasteiger partial charge in [-0.25, -0.2) is 19.2 Å². The van der Waals surface area contributed by atoms with Crippen LogP contribution in [-0.4, -0.2) is 91.6 Å². The zero-order chi connectivity index (χ0) is 34.4. The van der Waals surface area contributed by atoms with Crippen molar-refractivity contribution >= 4 is 47.8 Å². The molecule has 0 saturated heterocycles. The zero-order valence-corrected chi connectivity index (χ0v) is 23.7. The fourth-order valence-corrected chi connectivity index (χ4v) is 3.76. The molecule has 0 bridgehead atoms. The number of ether oxygens (including phenoxy) is 2. The summed E-state index contributed by atoms with van der Waals surface area (Å²) in [5.74, 6) is -13.0. The first kappa shape index (κ1) is 38.7. The van der Waals surface area contributed by atoms with Gasteiger partial charge in [0, 0.05) is 48.0 Å². The number of rotatable bonds is 23. The van der Waals surface area contributed by atoms with Crippen molar-refractivity contribution in [3.63, 3.8) is 0 Å². The van der Waals surface area contributed by atoms with Crippen molar-refractivity contribution in [2.75, 3.05) is 13.2 Å². The lowest BCUT2D eigenvalue weighted by Gasteiger charge is -2.25. The Hall–Kier alpha value is -5.28. The molecule has 0 rings (SSSR count). The molecule has 6 N–H and O–H groups in total. The highest BCUT2D eigenvalue weighted by molar-refractivity contribution is 6.03. The Bertz CT molecular complexity index is 1130. The summed E-state index contributed by atoms with van der Waals surface area (Å²) in [7, 11) is 0. The summed E-state index contributed by atoms with van der Waals surface area (Å²) in [4.78, 5) is 93.3. The van der Waals surface area contributed by atoms with E-state index in [1.807, 2.05) is 0 Å². The highest BCUT2D eigenvalue weighted by Crippen LogP contribution is 2.35. The molecule has 0 atom stereocenters. The van der Waals surface area contributed by atoms with Crippen molar-refractivity contribution in [3.05, 3.63) is 48.6 Å². The number of carboxylic acids is 6. The maximum atomic E-state index is 12.2. The van der Waals surface area contributed by atoms with Crippen molar-refractivity contribution in [1.29, 1.82) is 0 Å². The molecular weight excluding hydrogens is 592 g/mol. The smallest absolute Gasteiger partial charge is 0.333 e. The molecule has 0 heterocycles. The van der Waals surface area contributed by atoms with Crippen molar-refractivity contribution in [3.8, 4) is 0 Å². The van der Waals surface area contributed by atoms with Gasteiger partial charge in [0.25, 0.3) is 0 Å². The van der Waals surface area contributed by atoms with Crippen LogP contribution in [0.25, 0.3) is 0 Å². The van der Waals surface area contributed by atoms with Gasteiger partial charge in [0.2, 0.25) is 0 Å². The van der Waals surface area contributed by atoms with E-state index in [2.05, 4.69) is 26.3 Å². The normalized spacial score (nSPS) is 11.0. The first-order valence-electron chi connectivity index (χ1n) is 12.7. The Kier molecular flexibility index (Phi) is 14.9. The third-order valence-corrected chi connectivity index (χ3v) is 6.39. The van der Waals surface area contributed by atoms with Crippen LogP contribution in [0.5, 0.6) is 0 Å². The van der Waals surface area contributed by atoms with Crippen molar-refractivity contribution in [2.24, 2.45) is 10.8 Å². The second kappa shape index (κ2) is 17.0. The summed E-state index contributed by atoms with van der Waals surface area (Å²) in [6.45, 7) is 12.7. The average molecular weight is 627 g/mol. The Morgan fingerprint density at radius 3 is 0.909 bits per heavy atom. The zero-order valence-electron chi connectivity index (χ0n) is 23.7. The molecule has 16 heteroatoms. The van der Waals surface area contributed by atoms with Crippen molar-refractivity contribution < 1.29 is 78.5 Å². The van der Waals surface area contributed by atoms with E-state index in [0.717, 1.165) is 0 Å². The number of unbranched alkanes of at least 4 members (excludes halogenated alkanes) is 3. The van der Waals surface area contributed by atoms with Gasteiger partial charge in [-0.1, -0.05) is 26.3 Å². The number of carboxylic acid groups (broad SMARTS) is 6. The summed E-state index contributed by atoms with van der Waals surface area (Å²) in [5.41, 5.74) is -7.82. The molecule has 16 nitrogen and oxygen atoms in total. The molecule has 0 aromatic rings. The average Bonchev–Trinajstić information content (AvgIpc) is 2.92. The Morgan fingerprint density at radius 2 is 0.682 bits per heavy atom. The van der Waals surface area contributed by atoms with E-state index < -0.39 is 107 Å². The highest BCUT2D eigenvalue weighted by atomic mass is 16.5. The maximum absolute atomic E-state index is 12.2. The number of esters is 2. The Morgan fingerprint density at radius 1 is 0.432 bits per heavy atom. The van der Waals surface area contributed by atoms with E-state index in [1.54, 1.807) is 0 Å². The fourth-order valence-electron chi connectivity index (χ4n) is 3.76. The second-order valence-electron chi connectivity index (χ2n) is 9.80. The molecule has 242 valence electrons. The summed E-state index contributed by atoms with van der Waals surface area (Å²) >= 11 is 0. The van der Waals surface area contributed by atoms with Crippen LogP contribution in [0.15, 0.2) is 48.6 Å². The Balaban J connectivity index is 4.76. The SMILES string of the molecule is C=C(CC(CC(=C)C(=O)OCCCCCCOC(=O)C(=C)CC(CC(=C)C(=O)O)(C(=O)O)C(=O)O)(C(=O)O)C(=O)O)C(=O)O. The molecule has 44 heavy (non-hydrogen) atoms. The molecule has 0 aromatic heterocycles. The molecule has 0 saturated carbocycles. The van der Waals surface area contributed by atoms with Crippen LogP contribution >= 0.6 is 0 Å². The molecular formula is C28H34O16. The molecule has 0 spiro atoms.